The molecule has 5 N–H and O–H groups in total. The van der Waals surface area contributed by atoms with E-state index in [-0.39, 0.29) is 5.04 Å². The third-order valence-corrected chi connectivity index (χ3v) is 4.73. The average molecular weight is 395 g/mol. The largest absolute Gasteiger partial charge is 0.466 e. The van der Waals surface area contributed by atoms with Crippen molar-refractivity contribution in [1.29, 1.82) is 0 Å². The van der Waals surface area contributed by atoms with Crippen molar-refractivity contribution in [3.63, 3.8) is 0 Å². The Labute approximate surface area is 147 Å². The molecule has 25 heavy (non-hydrogen) atoms. The molecule has 0 aromatic heterocycles. The van der Waals surface area contributed by atoms with Crippen LogP contribution < -0.4 is 0 Å². The number of hydrogen-bond acceptors (Lipinski definition) is 10. The summed E-state index contributed by atoms with van der Waals surface area (Å²) in [7, 11) is -4.85. The number of aliphatic hydroxyl groups excluding tert-OH is 4. The Morgan fingerprint density at radius 3 is 2.36 bits per heavy atom. The molecule has 1 saturated heterocycles. The van der Waals surface area contributed by atoms with Crippen molar-refractivity contribution in [2.75, 3.05) is 6.61 Å². The molecule has 1 aromatic carbocycles. The van der Waals surface area contributed by atoms with Gasteiger partial charge in [-0.05, 0) is 0 Å². The molecule has 0 amide bonds. The zero-order valence-electron chi connectivity index (χ0n) is 12.6. The summed E-state index contributed by atoms with van der Waals surface area (Å²) in [6.45, 7) is -0.610. The first-order valence-corrected chi connectivity index (χ1v) is 9.24. The lowest BCUT2D eigenvalue weighted by Gasteiger charge is -2.39. The van der Waals surface area contributed by atoms with Gasteiger partial charge >= 0.3 is 10.4 Å². The molecular weight excluding hydrogens is 378 g/mol. The summed E-state index contributed by atoms with van der Waals surface area (Å²) in [5, 5.41) is 42.1. The van der Waals surface area contributed by atoms with Gasteiger partial charge < -0.3 is 25.2 Å². The van der Waals surface area contributed by atoms with E-state index in [0.717, 1.165) is 0 Å². The standard InChI is InChI=1S/C13H17NO9S2/c15-6-8-9(16)10(17)11(18)13(22-8)24-12(14-23-25(19,20)21)7-4-2-1-3-5-7/h1-5,8-11,13,15-18H,6H2,(H,19,20,21)/b14-12-/t8-,9-,10+,11-,13+/m1/s1. The van der Waals surface area contributed by atoms with Crippen LogP contribution in [0.1, 0.15) is 5.56 Å². The minimum absolute atomic E-state index is 0.0810. The van der Waals surface area contributed by atoms with Gasteiger partial charge in [0.1, 0.15) is 34.9 Å². The molecule has 1 aromatic rings. The van der Waals surface area contributed by atoms with Crippen molar-refractivity contribution in [1.82, 2.24) is 0 Å². The van der Waals surface area contributed by atoms with Gasteiger partial charge in [0.05, 0.1) is 6.61 Å². The average Bonchev–Trinajstić information content (AvgIpc) is 2.58. The number of ether oxygens (including phenoxy) is 1. The summed E-state index contributed by atoms with van der Waals surface area (Å²) in [6.07, 6.45) is -5.80. The lowest BCUT2D eigenvalue weighted by atomic mass is 10.0. The van der Waals surface area contributed by atoms with Crippen molar-refractivity contribution in [2.24, 2.45) is 5.16 Å². The molecule has 0 radical (unpaired) electrons. The van der Waals surface area contributed by atoms with Gasteiger partial charge in [0, 0.05) is 5.56 Å². The van der Waals surface area contributed by atoms with Gasteiger partial charge in [-0.3, -0.25) is 4.55 Å². The van der Waals surface area contributed by atoms with Crippen LogP contribution in [0.4, 0.5) is 0 Å². The fourth-order valence-electron chi connectivity index (χ4n) is 2.08. The molecule has 1 fully saturated rings. The first kappa shape index (κ1) is 20.1. The van der Waals surface area contributed by atoms with E-state index in [9.17, 15) is 28.8 Å². The summed E-state index contributed by atoms with van der Waals surface area (Å²) in [5.41, 5.74) is -0.812. The number of nitrogens with zero attached hydrogens (tertiary/aromatic N) is 1. The topological polar surface area (TPSA) is 166 Å². The van der Waals surface area contributed by atoms with Gasteiger partial charge in [-0.2, -0.15) is 8.42 Å². The van der Waals surface area contributed by atoms with Crippen molar-refractivity contribution < 1.29 is 42.4 Å². The molecule has 1 aliphatic heterocycles. The van der Waals surface area contributed by atoms with Gasteiger partial charge in [-0.25, -0.2) is 4.28 Å². The molecule has 1 heterocycles. The molecule has 0 saturated carbocycles. The zero-order chi connectivity index (χ0) is 18.6. The van der Waals surface area contributed by atoms with E-state index in [4.69, 9.17) is 9.29 Å². The maximum atomic E-state index is 10.7. The molecule has 12 heteroatoms. The van der Waals surface area contributed by atoms with Crippen LogP contribution in [-0.2, 0) is 19.4 Å². The van der Waals surface area contributed by atoms with E-state index in [1.165, 1.54) is 0 Å². The van der Waals surface area contributed by atoms with Gasteiger partial charge in [-0.1, -0.05) is 47.2 Å². The molecule has 1 aliphatic rings. The quantitative estimate of drug-likeness (QED) is 0.175. The first-order valence-electron chi connectivity index (χ1n) is 6.99. The Morgan fingerprint density at radius 2 is 1.80 bits per heavy atom. The minimum Gasteiger partial charge on any atom is -0.394 e. The third-order valence-electron chi connectivity index (χ3n) is 3.31. The fourth-order valence-corrected chi connectivity index (χ4v) is 3.37. The predicted octanol–water partition coefficient (Wildman–Crippen LogP) is -1.30. The second-order valence-corrected chi connectivity index (χ2v) is 7.17. The highest BCUT2D eigenvalue weighted by atomic mass is 32.3. The highest BCUT2D eigenvalue weighted by Gasteiger charge is 2.44. The number of thioether (sulfide) groups is 1. The monoisotopic (exact) mass is 395 g/mol. The Kier molecular flexibility index (Phi) is 6.76. The van der Waals surface area contributed by atoms with E-state index >= 15 is 0 Å². The van der Waals surface area contributed by atoms with E-state index in [1.54, 1.807) is 30.3 Å². The van der Waals surface area contributed by atoms with Gasteiger partial charge in [-0.15, -0.1) is 0 Å². The molecule has 5 atom stereocenters. The van der Waals surface area contributed by atoms with Crippen LogP contribution in [0, 0.1) is 0 Å². The first-order chi connectivity index (χ1) is 11.7. The highest BCUT2D eigenvalue weighted by Crippen LogP contribution is 2.31. The normalized spacial score (nSPS) is 30.9. The number of oxime groups is 1. The van der Waals surface area contributed by atoms with Crippen LogP contribution in [0.15, 0.2) is 35.5 Å². The molecule has 0 unspecified atom stereocenters. The lowest BCUT2D eigenvalue weighted by molar-refractivity contribution is -0.205. The van der Waals surface area contributed by atoms with E-state index in [2.05, 4.69) is 9.44 Å². The number of aliphatic hydroxyl groups is 4. The Hall–Kier alpha value is -1.25. The van der Waals surface area contributed by atoms with Gasteiger partial charge in [0.15, 0.2) is 0 Å². The van der Waals surface area contributed by atoms with E-state index in [0.29, 0.717) is 17.3 Å². The SMILES string of the molecule is O=S(=O)(O)O/N=C(\S[C@@H]1O[C@H](CO)[C@@H](O)[C@H](O)[C@H]1O)c1ccccc1. The summed E-state index contributed by atoms with van der Waals surface area (Å²) in [6, 6.07) is 8.08. The summed E-state index contributed by atoms with van der Waals surface area (Å²) in [4.78, 5) is 0. The Balaban J connectivity index is 2.26. The lowest BCUT2D eigenvalue weighted by Crippen LogP contribution is -2.57. The summed E-state index contributed by atoms with van der Waals surface area (Å²) >= 11 is 0.687. The molecule has 0 aliphatic carbocycles. The van der Waals surface area contributed by atoms with Crippen molar-refractivity contribution >= 4 is 27.2 Å². The Bertz CT molecular complexity index is 695. The van der Waals surface area contributed by atoms with Crippen LogP contribution >= 0.6 is 11.8 Å². The molecular formula is C13H17NO9S2. The summed E-state index contributed by atoms with van der Waals surface area (Å²) in [5.74, 6) is 0. The predicted molar refractivity (Wildman–Crippen MR) is 87.0 cm³/mol. The van der Waals surface area contributed by atoms with Crippen LogP contribution in [0.3, 0.4) is 0 Å². The van der Waals surface area contributed by atoms with E-state index < -0.39 is 46.9 Å². The molecule has 2 rings (SSSR count). The molecule has 10 nitrogen and oxygen atoms in total. The van der Waals surface area contributed by atoms with Crippen LogP contribution in [-0.4, -0.2) is 74.9 Å². The smallest absolute Gasteiger partial charge is 0.394 e. The number of rotatable bonds is 5. The second-order valence-electron chi connectivity index (χ2n) is 5.08. The van der Waals surface area contributed by atoms with Gasteiger partial charge in [0.2, 0.25) is 0 Å². The Morgan fingerprint density at radius 1 is 1.16 bits per heavy atom. The van der Waals surface area contributed by atoms with Crippen LogP contribution in [0.2, 0.25) is 0 Å². The minimum atomic E-state index is -4.85. The van der Waals surface area contributed by atoms with Crippen molar-refractivity contribution in [3.8, 4) is 0 Å². The second kappa shape index (κ2) is 8.42. The fraction of sp³-hybridized carbons (Fsp3) is 0.462. The van der Waals surface area contributed by atoms with Crippen molar-refractivity contribution in [3.05, 3.63) is 35.9 Å². The molecule has 0 spiro atoms. The zero-order valence-corrected chi connectivity index (χ0v) is 14.2. The number of benzene rings is 1. The van der Waals surface area contributed by atoms with Crippen LogP contribution in [0.25, 0.3) is 0 Å². The van der Waals surface area contributed by atoms with Crippen molar-refractivity contribution in [2.45, 2.75) is 29.9 Å². The van der Waals surface area contributed by atoms with E-state index in [1.807, 2.05) is 0 Å². The molecule has 0 bridgehead atoms. The van der Waals surface area contributed by atoms with Crippen LogP contribution in [0.5, 0.6) is 0 Å². The maximum absolute atomic E-state index is 10.7. The van der Waals surface area contributed by atoms with Gasteiger partial charge in [0.25, 0.3) is 0 Å². The number of hydrogen-bond donors (Lipinski definition) is 5. The maximum Gasteiger partial charge on any atom is 0.466 e. The summed E-state index contributed by atoms with van der Waals surface area (Å²) < 4.78 is 39.5. The highest BCUT2D eigenvalue weighted by molar-refractivity contribution is 8.14. The third kappa shape index (κ3) is 5.36. The molecule has 140 valence electrons.